The lowest BCUT2D eigenvalue weighted by molar-refractivity contribution is -0.129. The van der Waals surface area contributed by atoms with Crippen molar-refractivity contribution in [1.82, 2.24) is 15.8 Å². The molecule has 0 saturated heterocycles. The number of hydrogen-bond donors (Lipinski definition) is 4. The van der Waals surface area contributed by atoms with Crippen LogP contribution in [0.1, 0.15) is 37.7 Å². The number of carbonyl (C=O) groups excluding carboxylic acids is 3. The highest BCUT2D eigenvalue weighted by molar-refractivity contribution is 6.04. The molecule has 0 saturated carbocycles. The number of para-hydroxylation sites is 2. The molecule has 1 heterocycles. The van der Waals surface area contributed by atoms with Gasteiger partial charge in [-0.05, 0) is 60.9 Å². The van der Waals surface area contributed by atoms with Crippen LogP contribution in [-0.4, -0.2) is 34.0 Å². The predicted octanol–water partition coefficient (Wildman–Crippen LogP) is 5.62. The summed E-state index contributed by atoms with van der Waals surface area (Å²) in [6.45, 7) is 0. The van der Waals surface area contributed by atoms with Gasteiger partial charge in [0.1, 0.15) is 17.5 Å². The van der Waals surface area contributed by atoms with Crippen LogP contribution in [-0.2, 0) is 14.4 Å². The second-order valence-corrected chi connectivity index (χ2v) is 9.38. The minimum Gasteiger partial charge on any atom is -0.457 e. The Labute approximate surface area is 238 Å². The molecular formula is C32H32N4O5. The van der Waals surface area contributed by atoms with E-state index in [1.807, 2.05) is 78.9 Å². The van der Waals surface area contributed by atoms with Crippen molar-refractivity contribution >= 4 is 40.4 Å². The fourth-order valence-corrected chi connectivity index (χ4v) is 4.22. The number of hydroxylamine groups is 1. The number of ether oxygens (including phenoxy) is 1. The van der Waals surface area contributed by atoms with Crippen molar-refractivity contribution in [2.45, 2.75) is 38.1 Å². The van der Waals surface area contributed by atoms with Gasteiger partial charge in [0.15, 0.2) is 0 Å². The third-order valence-corrected chi connectivity index (χ3v) is 6.33. The van der Waals surface area contributed by atoms with E-state index in [2.05, 4.69) is 15.6 Å². The lowest BCUT2D eigenvalue weighted by Gasteiger charge is -2.18. The number of benzene rings is 3. The van der Waals surface area contributed by atoms with Crippen molar-refractivity contribution in [2.24, 2.45) is 0 Å². The first kappa shape index (κ1) is 29.0. The summed E-state index contributed by atoms with van der Waals surface area (Å²) in [5, 5.41) is 15.3. The van der Waals surface area contributed by atoms with Crippen molar-refractivity contribution in [3.05, 3.63) is 103 Å². The van der Waals surface area contributed by atoms with Crippen molar-refractivity contribution < 1.29 is 24.3 Å². The Morgan fingerprint density at radius 1 is 0.854 bits per heavy atom. The van der Waals surface area contributed by atoms with Crippen LogP contribution in [0.4, 0.5) is 5.69 Å². The fraction of sp³-hybridized carbons (Fsp3) is 0.188. The number of fused-ring (bicyclic) bond motifs is 1. The number of nitrogens with one attached hydrogen (secondary N) is 3. The van der Waals surface area contributed by atoms with Crippen molar-refractivity contribution in [3.63, 3.8) is 0 Å². The molecule has 9 heteroatoms. The molecule has 3 amide bonds. The standard InChI is InChI=1S/C32H32N4O5/c37-29(21-18-23-16-19-26(20-17-23)41-25-11-3-1-4-12-25)34-28(13-5-2-6-15-30(38)36-40)32(39)35-27-14-7-9-24-10-8-22-33-31(24)27/h1,3-4,7-12,14,16-22,28,40H,2,5-6,13,15H2,(H,34,37)(H,35,39)(H,36,38)/b21-18+/t28-/m0/s1. The first-order valence-corrected chi connectivity index (χ1v) is 13.4. The number of aromatic nitrogens is 1. The highest BCUT2D eigenvalue weighted by Gasteiger charge is 2.21. The molecule has 0 aliphatic rings. The quantitative estimate of drug-likeness (QED) is 0.0737. The van der Waals surface area contributed by atoms with E-state index < -0.39 is 17.9 Å². The zero-order valence-corrected chi connectivity index (χ0v) is 22.5. The Balaban J connectivity index is 1.38. The van der Waals surface area contributed by atoms with Crippen LogP contribution >= 0.6 is 0 Å². The van der Waals surface area contributed by atoms with Gasteiger partial charge in [0, 0.05) is 24.1 Å². The second kappa shape index (κ2) is 14.9. The van der Waals surface area contributed by atoms with Crippen molar-refractivity contribution in [1.29, 1.82) is 0 Å². The largest absolute Gasteiger partial charge is 0.457 e. The van der Waals surface area contributed by atoms with E-state index in [1.165, 1.54) is 6.08 Å². The van der Waals surface area contributed by atoms with Crippen LogP contribution in [0.3, 0.4) is 0 Å². The molecule has 0 unspecified atom stereocenters. The van der Waals surface area contributed by atoms with Crippen LogP contribution in [0, 0.1) is 0 Å². The first-order chi connectivity index (χ1) is 20.0. The lowest BCUT2D eigenvalue weighted by Crippen LogP contribution is -2.43. The third kappa shape index (κ3) is 9.01. The monoisotopic (exact) mass is 552 g/mol. The average molecular weight is 553 g/mol. The maximum Gasteiger partial charge on any atom is 0.247 e. The van der Waals surface area contributed by atoms with Crippen LogP contribution in [0.2, 0.25) is 0 Å². The van der Waals surface area contributed by atoms with E-state index >= 15 is 0 Å². The van der Waals surface area contributed by atoms with Gasteiger partial charge in [0.25, 0.3) is 0 Å². The molecule has 4 N–H and O–H groups in total. The number of unbranched alkanes of at least 4 members (excludes halogenated alkanes) is 2. The molecule has 0 aliphatic carbocycles. The predicted molar refractivity (Wildman–Crippen MR) is 157 cm³/mol. The highest BCUT2D eigenvalue weighted by atomic mass is 16.5. The molecule has 0 fully saturated rings. The average Bonchev–Trinajstić information content (AvgIpc) is 3.00. The molecule has 0 radical (unpaired) electrons. The zero-order chi connectivity index (χ0) is 28.9. The maximum absolute atomic E-state index is 13.3. The smallest absolute Gasteiger partial charge is 0.247 e. The molecule has 210 valence electrons. The summed E-state index contributed by atoms with van der Waals surface area (Å²) in [6, 6.07) is 25.2. The Hall–Kier alpha value is -5.02. The molecule has 4 aromatic rings. The summed E-state index contributed by atoms with van der Waals surface area (Å²) in [6.07, 6.45) is 7.05. The highest BCUT2D eigenvalue weighted by Crippen LogP contribution is 2.22. The Morgan fingerprint density at radius 2 is 1.61 bits per heavy atom. The molecule has 1 aromatic heterocycles. The third-order valence-electron chi connectivity index (χ3n) is 6.33. The Bertz CT molecular complexity index is 1480. The minimum atomic E-state index is -0.806. The summed E-state index contributed by atoms with van der Waals surface area (Å²) in [5.41, 5.74) is 3.62. The number of anilines is 1. The van der Waals surface area contributed by atoms with E-state index in [1.54, 1.807) is 23.8 Å². The summed E-state index contributed by atoms with van der Waals surface area (Å²) in [4.78, 5) is 41.7. The van der Waals surface area contributed by atoms with Crippen LogP contribution in [0.15, 0.2) is 97.2 Å². The number of amides is 3. The molecule has 3 aromatic carbocycles. The van der Waals surface area contributed by atoms with E-state index in [0.29, 0.717) is 42.6 Å². The van der Waals surface area contributed by atoms with E-state index in [9.17, 15) is 14.4 Å². The zero-order valence-electron chi connectivity index (χ0n) is 22.5. The number of nitrogens with zero attached hydrogens (tertiary/aromatic N) is 1. The van der Waals surface area contributed by atoms with E-state index in [0.717, 1.165) is 16.7 Å². The summed E-state index contributed by atoms with van der Waals surface area (Å²) in [7, 11) is 0. The summed E-state index contributed by atoms with van der Waals surface area (Å²) in [5.74, 6) is 0.177. The van der Waals surface area contributed by atoms with Crippen LogP contribution in [0.25, 0.3) is 17.0 Å². The van der Waals surface area contributed by atoms with Gasteiger partial charge in [-0.2, -0.15) is 0 Å². The number of carbonyl (C=O) groups is 3. The maximum atomic E-state index is 13.3. The molecule has 0 spiro atoms. The minimum absolute atomic E-state index is 0.180. The van der Waals surface area contributed by atoms with E-state index in [-0.39, 0.29) is 12.3 Å². The fourth-order valence-electron chi connectivity index (χ4n) is 4.22. The normalized spacial score (nSPS) is 11.6. The first-order valence-electron chi connectivity index (χ1n) is 13.4. The van der Waals surface area contributed by atoms with Crippen molar-refractivity contribution in [3.8, 4) is 11.5 Å². The molecule has 41 heavy (non-hydrogen) atoms. The van der Waals surface area contributed by atoms with Gasteiger partial charge >= 0.3 is 0 Å². The molecular weight excluding hydrogens is 520 g/mol. The van der Waals surface area contributed by atoms with E-state index in [4.69, 9.17) is 9.94 Å². The van der Waals surface area contributed by atoms with Gasteiger partial charge in [-0.1, -0.05) is 61.4 Å². The summed E-state index contributed by atoms with van der Waals surface area (Å²) >= 11 is 0. The SMILES string of the molecule is O=C(/C=C/c1ccc(Oc2ccccc2)cc1)N[C@@H](CCCCCC(=O)NO)C(=O)Nc1cccc2cccnc12. The molecule has 4 rings (SSSR count). The second-order valence-electron chi connectivity index (χ2n) is 9.38. The van der Waals surface area contributed by atoms with Gasteiger partial charge < -0.3 is 15.4 Å². The topological polar surface area (TPSA) is 130 Å². The molecule has 0 bridgehead atoms. The Kier molecular flexibility index (Phi) is 10.6. The molecule has 1 atom stereocenters. The molecule has 9 nitrogen and oxygen atoms in total. The number of hydrogen-bond acceptors (Lipinski definition) is 6. The van der Waals surface area contributed by atoms with Gasteiger partial charge in [-0.3, -0.25) is 24.6 Å². The van der Waals surface area contributed by atoms with Gasteiger partial charge in [0.05, 0.1) is 11.2 Å². The van der Waals surface area contributed by atoms with Gasteiger partial charge in [-0.15, -0.1) is 0 Å². The number of pyridine rings is 1. The Morgan fingerprint density at radius 3 is 2.39 bits per heavy atom. The van der Waals surface area contributed by atoms with Crippen LogP contribution in [0.5, 0.6) is 11.5 Å². The van der Waals surface area contributed by atoms with Gasteiger partial charge in [0.2, 0.25) is 17.7 Å². The summed E-state index contributed by atoms with van der Waals surface area (Å²) < 4.78 is 5.80. The molecule has 0 aliphatic heterocycles. The number of rotatable bonds is 13. The van der Waals surface area contributed by atoms with Gasteiger partial charge in [-0.25, -0.2) is 5.48 Å². The van der Waals surface area contributed by atoms with Crippen LogP contribution < -0.4 is 20.9 Å². The lowest BCUT2D eigenvalue weighted by atomic mass is 10.1. The van der Waals surface area contributed by atoms with Crippen molar-refractivity contribution in [2.75, 3.05) is 5.32 Å².